The standard InChI is InChI=1S/C22H19NO2/c1-16-13-14-19(22(25)23(2)18-11-7-4-8-12-18)20(15-16)21(24)17-9-5-3-6-10-17/h3-15H,1-2H3. The van der Waals surface area contributed by atoms with E-state index in [1.54, 1.807) is 36.2 Å². The molecule has 0 aromatic heterocycles. The van der Waals surface area contributed by atoms with E-state index in [1.807, 2.05) is 61.5 Å². The van der Waals surface area contributed by atoms with Crippen LogP contribution in [-0.2, 0) is 0 Å². The molecule has 3 aromatic rings. The Morgan fingerprint density at radius 2 is 1.36 bits per heavy atom. The molecule has 0 N–H and O–H groups in total. The fourth-order valence-electron chi connectivity index (χ4n) is 2.73. The molecule has 0 unspecified atom stereocenters. The van der Waals surface area contributed by atoms with Crippen LogP contribution in [0.25, 0.3) is 0 Å². The zero-order valence-electron chi connectivity index (χ0n) is 14.3. The number of para-hydroxylation sites is 1. The molecule has 0 atom stereocenters. The van der Waals surface area contributed by atoms with Gasteiger partial charge in [-0.25, -0.2) is 0 Å². The Balaban J connectivity index is 2.02. The van der Waals surface area contributed by atoms with Gasteiger partial charge in [0.2, 0.25) is 0 Å². The summed E-state index contributed by atoms with van der Waals surface area (Å²) in [5, 5.41) is 0. The van der Waals surface area contributed by atoms with Gasteiger partial charge in [-0.1, -0.05) is 60.2 Å². The maximum absolute atomic E-state index is 13.0. The van der Waals surface area contributed by atoms with Crippen molar-refractivity contribution in [3.05, 3.63) is 101 Å². The zero-order chi connectivity index (χ0) is 17.8. The third kappa shape index (κ3) is 3.50. The highest BCUT2D eigenvalue weighted by molar-refractivity contribution is 6.18. The lowest BCUT2D eigenvalue weighted by atomic mass is 9.95. The number of ketones is 1. The number of carbonyl (C=O) groups is 2. The van der Waals surface area contributed by atoms with Crippen LogP contribution in [0.4, 0.5) is 5.69 Å². The molecule has 3 heteroatoms. The van der Waals surface area contributed by atoms with E-state index < -0.39 is 0 Å². The smallest absolute Gasteiger partial charge is 0.258 e. The number of rotatable bonds is 4. The summed E-state index contributed by atoms with van der Waals surface area (Å²) in [6.07, 6.45) is 0. The maximum atomic E-state index is 13.0. The van der Waals surface area contributed by atoms with Crippen LogP contribution in [0.5, 0.6) is 0 Å². The van der Waals surface area contributed by atoms with Crippen molar-refractivity contribution in [1.82, 2.24) is 0 Å². The van der Waals surface area contributed by atoms with Crippen LogP contribution in [0.1, 0.15) is 31.8 Å². The van der Waals surface area contributed by atoms with Crippen molar-refractivity contribution in [2.45, 2.75) is 6.92 Å². The highest BCUT2D eigenvalue weighted by Gasteiger charge is 2.21. The van der Waals surface area contributed by atoms with E-state index in [0.29, 0.717) is 16.7 Å². The molecule has 0 radical (unpaired) electrons. The Hall–Kier alpha value is -3.20. The molecule has 0 aliphatic carbocycles. The van der Waals surface area contributed by atoms with Crippen molar-refractivity contribution in [3.63, 3.8) is 0 Å². The zero-order valence-corrected chi connectivity index (χ0v) is 14.3. The number of carbonyl (C=O) groups excluding carboxylic acids is 2. The molecular weight excluding hydrogens is 310 g/mol. The summed E-state index contributed by atoms with van der Waals surface area (Å²) in [5.74, 6) is -0.348. The molecule has 25 heavy (non-hydrogen) atoms. The van der Waals surface area contributed by atoms with Gasteiger partial charge in [0.1, 0.15) is 0 Å². The summed E-state index contributed by atoms with van der Waals surface area (Å²) in [7, 11) is 1.72. The number of hydrogen-bond acceptors (Lipinski definition) is 2. The van der Waals surface area contributed by atoms with Crippen LogP contribution in [0.15, 0.2) is 78.9 Å². The van der Waals surface area contributed by atoms with Gasteiger partial charge >= 0.3 is 0 Å². The molecule has 0 saturated heterocycles. The molecular formula is C22H19NO2. The highest BCUT2D eigenvalue weighted by atomic mass is 16.2. The lowest BCUT2D eigenvalue weighted by molar-refractivity contribution is 0.0976. The van der Waals surface area contributed by atoms with Gasteiger partial charge in [0.15, 0.2) is 5.78 Å². The second-order valence-electron chi connectivity index (χ2n) is 5.94. The second-order valence-corrected chi connectivity index (χ2v) is 5.94. The van der Waals surface area contributed by atoms with E-state index in [-0.39, 0.29) is 11.7 Å². The molecule has 0 aliphatic heterocycles. The summed E-state index contributed by atoms with van der Waals surface area (Å²) in [6.45, 7) is 1.91. The van der Waals surface area contributed by atoms with Gasteiger partial charge in [0, 0.05) is 23.9 Å². The minimum Gasteiger partial charge on any atom is -0.311 e. The van der Waals surface area contributed by atoms with Crippen LogP contribution in [-0.4, -0.2) is 18.7 Å². The van der Waals surface area contributed by atoms with Gasteiger partial charge in [0.25, 0.3) is 5.91 Å². The molecule has 0 heterocycles. The van der Waals surface area contributed by atoms with Crippen LogP contribution in [0, 0.1) is 6.92 Å². The first-order chi connectivity index (χ1) is 12.1. The van der Waals surface area contributed by atoms with Crippen LogP contribution in [0.2, 0.25) is 0 Å². The minimum absolute atomic E-state index is 0.144. The largest absolute Gasteiger partial charge is 0.311 e. The first-order valence-corrected chi connectivity index (χ1v) is 8.11. The minimum atomic E-state index is -0.203. The number of benzene rings is 3. The van der Waals surface area contributed by atoms with E-state index in [4.69, 9.17) is 0 Å². The second kappa shape index (κ2) is 7.14. The summed E-state index contributed by atoms with van der Waals surface area (Å²) < 4.78 is 0. The normalized spacial score (nSPS) is 10.3. The first-order valence-electron chi connectivity index (χ1n) is 8.11. The van der Waals surface area contributed by atoms with Crippen LogP contribution in [0.3, 0.4) is 0 Å². The van der Waals surface area contributed by atoms with E-state index in [9.17, 15) is 9.59 Å². The molecule has 124 valence electrons. The maximum Gasteiger partial charge on any atom is 0.258 e. The molecule has 3 aromatic carbocycles. The van der Waals surface area contributed by atoms with Crippen molar-refractivity contribution in [1.29, 1.82) is 0 Å². The van der Waals surface area contributed by atoms with Crippen LogP contribution >= 0.6 is 0 Å². The summed E-state index contributed by atoms with van der Waals surface area (Å²) in [6, 6.07) is 23.8. The topological polar surface area (TPSA) is 37.4 Å². The number of hydrogen-bond donors (Lipinski definition) is 0. The highest BCUT2D eigenvalue weighted by Crippen LogP contribution is 2.21. The van der Waals surface area contributed by atoms with Gasteiger partial charge in [-0.2, -0.15) is 0 Å². The Bertz CT molecular complexity index is 902. The molecule has 0 spiro atoms. The van der Waals surface area contributed by atoms with Gasteiger partial charge in [-0.15, -0.1) is 0 Å². The Labute approximate surface area is 147 Å². The van der Waals surface area contributed by atoms with Crippen LogP contribution < -0.4 is 4.90 Å². The monoisotopic (exact) mass is 329 g/mol. The number of nitrogens with zero attached hydrogens (tertiary/aromatic N) is 1. The third-order valence-corrected chi connectivity index (χ3v) is 4.13. The number of aryl methyl sites for hydroxylation is 1. The number of anilines is 1. The lowest BCUT2D eigenvalue weighted by Crippen LogP contribution is -2.28. The summed E-state index contributed by atoms with van der Waals surface area (Å²) in [5.41, 5.74) is 3.14. The van der Waals surface area contributed by atoms with Gasteiger partial charge in [0.05, 0.1) is 5.56 Å². The summed E-state index contributed by atoms with van der Waals surface area (Å²) >= 11 is 0. The molecule has 0 aliphatic rings. The Morgan fingerprint density at radius 3 is 2.00 bits per heavy atom. The molecule has 0 fully saturated rings. The predicted octanol–water partition coefficient (Wildman–Crippen LogP) is 4.50. The van der Waals surface area contributed by atoms with E-state index in [0.717, 1.165) is 11.3 Å². The van der Waals surface area contributed by atoms with Gasteiger partial charge in [-0.05, 0) is 31.2 Å². The SMILES string of the molecule is Cc1ccc(C(=O)N(C)c2ccccc2)c(C(=O)c2ccccc2)c1. The first kappa shape index (κ1) is 16.7. The fourth-order valence-corrected chi connectivity index (χ4v) is 2.73. The molecule has 0 bridgehead atoms. The molecule has 1 amide bonds. The molecule has 3 nitrogen and oxygen atoms in total. The average molecular weight is 329 g/mol. The van der Waals surface area contributed by atoms with E-state index >= 15 is 0 Å². The lowest BCUT2D eigenvalue weighted by Gasteiger charge is -2.19. The van der Waals surface area contributed by atoms with Crippen molar-refractivity contribution in [2.24, 2.45) is 0 Å². The van der Waals surface area contributed by atoms with Crippen molar-refractivity contribution in [2.75, 3.05) is 11.9 Å². The summed E-state index contributed by atoms with van der Waals surface area (Å²) in [4.78, 5) is 27.5. The van der Waals surface area contributed by atoms with Gasteiger partial charge < -0.3 is 4.90 Å². The van der Waals surface area contributed by atoms with Crippen molar-refractivity contribution in [3.8, 4) is 0 Å². The van der Waals surface area contributed by atoms with Crippen molar-refractivity contribution >= 4 is 17.4 Å². The number of amides is 1. The van der Waals surface area contributed by atoms with Gasteiger partial charge in [-0.3, -0.25) is 9.59 Å². The fraction of sp³-hybridized carbons (Fsp3) is 0.0909. The third-order valence-electron chi connectivity index (χ3n) is 4.13. The molecule has 3 rings (SSSR count). The van der Waals surface area contributed by atoms with E-state index in [1.165, 1.54) is 0 Å². The molecule has 0 saturated carbocycles. The predicted molar refractivity (Wildman–Crippen MR) is 100 cm³/mol. The Kier molecular flexibility index (Phi) is 4.75. The Morgan fingerprint density at radius 1 is 0.760 bits per heavy atom. The van der Waals surface area contributed by atoms with E-state index in [2.05, 4.69) is 0 Å². The average Bonchev–Trinajstić information content (AvgIpc) is 2.67. The quantitative estimate of drug-likeness (QED) is 0.661. The van der Waals surface area contributed by atoms with Crippen molar-refractivity contribution < 1.29 is 9.59 Å².